The molecule has 0 saturated heterocycles. The van der Waals surface area contributed by atoms with Crippen molar-refractivity contribution in [1.29, 1.82) is 5.41 Å². The number of hydrogen-bond donors (Lipinski definition) is 4. The highest BCUT2D eigenvalue weighted by Crippen LogP contribution is 2.27. The van der Waals surface area contributed by atoms with Gasteiger partial charge in [-0.05, 0) is 43.0 Å². The zero-order valence-corrected chi connectivity index (χ0v) is 19.1. The Morgan fingerprint density at radius 2 is 1.85 bits per heavy atom. The molecule has 5 N–H and O–H groups in total. The minimum absolute atomic E-state index is 0.00730. The van der Waals surface area contributed by atoms with Crippen LogP contribution in [0.25, 0.3) is 16.5 Å². The van der Waals surface area contributed by atoms with E-state index in [1.54, 1.807) is 4.57 Å². The van der Waals surface area contributed by atoms with Crippen molar-refractivity contribution < 1.29 is 4.79 Å². The van der Waals surface area contributed by atoms with Crippen LogP contribution in [0, 0.1) is 12.3 Å². The predicted octanol–water partition coefficient (Wildman–Crippen LogP) is 2.96. The van der Waals surface area contributed by atoms with Crippen LogP contribution in [0.2, 0.25) is 0 Å². The summed E-state index contributed by atoms with van der Waals surface area (Å²) < 4.78 is 1.67. The van der Waals surface area contributed by atoms with Gasteiger partial charge in [-0.3, -0.25) is 19.6 Å². The van der Waals surface area contributed by atoms with Crippen molar-refractivity contribution in [3.8, 4) is 5.69 Å². The molecule has 4 rings (SSSR count). The summed E-state index contributed by atoms with van der Waals surface area (Å²) in [6.07, 6.45) is 1.26. The van der Waals surface area contributed by atoms with Crippen molar-refractivity contribution in [2.24, 2.45) is 0 Å². The third-order valence-corrected chi connectivity index (χ3v) is 5.68. The fourth-order valence-electron chi connectivity index (χ4n) is 3.99. The number of aryl methyl sites for hydroxylation is 1. The third kappa shape index (κ3) is 3.99. The van der Waals surface area contributed by atoms with Gasteiger partial charge in [-0.2, -0.15) is 0 Å². The maximum absolute atomic E-state index is 13.7. The Kier molecular flexibility index (Phi) is 6.09. The molecule has 2 heterocycles. The fourth-order valence-corrected chi connectivity index (χ4v) is 3.99. The van der Waals surface area contributed by atoms with Crippen molar-refractivity contribution in [2.75, 3.05) is 18.1 Å². The van der Waals surface area contributed by atoms with Crippen molar-refractivity contribution in [3.63, 3.8) is 0 Å². The van der Waals surface area contributed by atoms with Crippen LogP contribution in [0.3, 0.4) is 0 Å². The summed E-state index contributed by atoms with van der Waals surface area (Å²) in [5.41, 5.74) is 7.91. The van der Waals surface area contributed by atoms with Gasteiger partial charge in [0, 0.05) is 18.4 Å². The van der Waals surface area contributed by atoms with Gasteiger partial charge in [0.1, 0.15) is 23.7 Å². The van der Waals surface area contributed by atoms with E-state index in [0.29, 0.717) is 11.1 Å². The molecule has 0 fully saturated rings. The quantitative estimate of drug-likeness (QED) is 0.330. The van der Waals surface area contributed by atoms with E-state index < -0.39 is 11.9 Å². The number of hydrogen-bond acceptors (Lipinski definition) is 7. The maximum atomic E-state index is 13.7. The van der Waals surface area contributed by atoms with Crippen LogP contribution in [0.1, 0.15) is 29.8 Å². The monoisotopic (exact) mass is 455 g/mol. The molecule has 0 aliphatic carbocycles. The summed E-state index contributed by atoms with van der Waals surface area (Å²) in [5.74, 6) is -0.377. The van der Waals surface area contributed by atoms with Crippen LogP contribution >= 0.6 is 0 Å². The number of carbonyl (C=O) groups excluding carboxylic acids is 1. The molecule has 0 aliphatic rings. The molecule has 2 aromatic heterocycles. The van der Waals surface area contributed by atoms with Gasteiger partial charge in [0.15, 0.2) is 0 Å². The molecule has 0 aliphatic heterocycles. The van der Waals surface area contributed by atoms with Crippen molar-refractivity contribution in [3.05, 3.63) is 88.1 Å². The van der Waals surface area contributed by atoms with E-state index in [1.165, 1.54) is 13.4 Å². The van der Waals surface area contributed by atoms with E-state index in [0.717, 1.165) is 16.6 Å². The minimum atomic E-state index is -0.612. The first-order valence-corrected chi connectivity index (χ1v) is 10.7. The van der Waals surface area contributed by atoms with Gasteiger partial charge < -0.3 is 16.4 Å². The molecule has 9 nitrogen and oxygen atoms in total. The number of likely N-dealkylation sites (N-methyl/N-ethyl adjacent to an activating group) is 1. The normalized spacial score (nSPS) is 11.7. The maximum Gasteiger partial charge on any atom is 0.269 e. The number of pyridine rings is 1. The van der Waals surface area contributed by atoms with Gasteiger partial charge in [-0.25, -0.2) is 9.97 Å². The average molecular weight is 456 g/mol. The zero-order chi connectivity index (χ0) is 24.4. The number of carbonyl (C=O) groups is 1. The summed E-state index contributed by atoms with van der Waals surface area (Å²) in [5, 5.41) is 15.4. The highest BCUT2D eigenvalue weighted by atomic mass is 16.1. The van der Waals surface area contributed by atoms with E-state index in [4.69, 9.17) is 11.1 Å². The molecule has 1 atom stereocenters. The largest absolute Gasteiger partial charge is 0.383 e. The number of nitrogens with two attached hydrogens (primary N) is 1. The molecule has 0 unspecified atom stereocenters. The molecule has 4 aromatic rings. The number of benzene rings is 2. The van der Waals surface area contributed by atoms with Crippen molar-refractivity contribution in [1.82, 2.24) is 19.9 Å². The van der Waals surface area contributed by atoms with Gasteiger partial charge in [-0.1, -0.05) is 36.4 Å². The summed E-state index contributed by atoms with van der Waals surface area (Å²) >= 11 is 0. The van der Waals surface area contributed by atoms with Crippen LogP contribution in [-0.2, 0) is 4.79 Å². The molecular weight excluding hydrogens is 430 g/mol. The highest BCUT2D eigenvalue weighted by molar-refractivity contribution is 6.46. The second-order valence-electron chi connectivity index (χ2n) is 7.89. The number of rotatable bonds is 6. The molecule has 34 heavy (non-hydrogen) atoms. The lowest BCUT2D eigenvalue weighted by Crippen LogP contribution is -2.30. The Morgan fingerprint density at radius 3 is 2.56 bits per heavy atom. The topological polar surface area (TPSA) is 139 Å². The number of nitrogens with zero attached hydrogens (tertiary/aromatic N) is 3. The number of nitrogens with one attached hydrogen (secondary N) is 3. The summed E-state index contributed by atoms with van der Waals surface area (Å²) in [7, 11) is 1.43. The standard InChI is InChI=1S/C25H25N7O2/c1-14-8-7-9-16-12-18(32(25(34)19(14)16)17-10-5-4-6-11-17)15(2)31-23-20(21(26)24(33)28-3)22(27)29-13-30-23/h4-13,15,26H,1-3H3,(H,28,33)(H3,27,29,30,31)/t15-/m0/s1. The van der Waals surface area contributed by atoms with E-state index in [9.17, 15) is 9.59 Å². The van der Waals surface area contributed by atoms with Gasteiger partial charge >= 0.3 is 0 Å². The van der Waals surface area contributed by atoms with Gasteiger partial charge in [-0.15, -0.1) is 0 Å². The van der Waals surface area contributed by atoms with Crippen LogP contribution < -0.4 is 21.9 Å². The van der Waals surface area contributed by atoms with Crippen LogP contribution in [0.4, 0.5) is 11.6 Å². The van der Waals surface area contributed by atoms with Gasteiger partial charge in [0.05, 0.1) is 17.0 Å². The molecule has 1 amide bonds. The molecule has 2 aromatic carbocycles. The van der Waals surface area contributed by atoms with Crippen LogP contribution in [0.5, 0.6) is 0 Å². The molecule has 0 saturated carbocycles. The fraction of sp³-hybridized carbons (Fsp3) is 0.160. The first kappa shape index (κ1) is 22.7. The highest BCUT2D eigenvalue weighted by Gasteiger charge is 2.23. The number of para-hydroxylation sites is 1. The van der Waals surface area contributed by atoms with Crippen LogP contribution in [-0.4, -0.2) is 33.2 Å². The Hall–Kier alpha value is -4.53. The van der Waals surface area contributed by atoms with E-state index in [2.05, 4.69) is 20.6 Å². The van der Waals surface area contributed by atoms with Crippen LogP contribution in [0.15, 0.2) is 65.7 Å². The average Bonchev–Trinajstić information content (AvgIpc) is 2.83. The molecule has 0 bridgehead atoms. The van der Waals surface area contributed by atoms with E-state index in [-0.39, 0.29) is 28.5 Å². The lowest BCUT2D eigenvalue weighted by molar-refractivity contribution is -0.114. The summed E-state index contributed by atoms with van der Waals surface area (Å²) in [4.78, 5) is 34.0. The lowest BCUT2D eigenvalue weighted by Gasteiger charge is -2.23. The Labute approximate surface area is 196 Å². The number of aromatic nitrogens is 3. The summed E-state index contributed by atoms with van der Waals surface area (Å²) in [6, 6.07) is 16.6. The Bertz CT molecular complexity index is 1460. The Balaban J connectivity index is 1.89. The third-order valence-electron chi connectivity index (χ3n) is 5.68. The number of amides is 1. The van der Waals surface area contributed by atoms with Gasteiger partial charge in [0.25, 0.3) is 11.5 Å². The van der Waals surface area contributed by atoms with Crippen molar-refractivity contribution in [2.45, 2.75) is 19.9 Å². The number of nitrogen functional groups attached to an aromatic ring is 1. The second kappa shape index (κ2) is 9.14. The summed E-state index contributed by atoms with van der Waals surface area (Å²) in [6.45, 7) is 3.79. The van der Waals surface area contributed by atoms with Gasteiger partial charge in [0.2, 0.25) is 0 Å². The number of fused-ring (bicyclic) bond motifs is 1. The number of anilines is 2. The Morgan fingerprint density at radius 1 is 1.12 bits per heavy atom. The molecule has 0 radical (unpaired) electrons. The predicted molar refractivity (Wildman–Crippen MR) is 134 cm³/mol. The molecule has 9 heteroatoms. The molecular formula is C25H25N7O2. The van der Waals surface area contributed by atoms with E-state index >= 15 is 0 Å². The van der Waals surface area contributed by atoms with E-state index in [1.807, 2.05) is 68.4 Å². The molecule has 0 spiro atoms. The van der Waals surface area contributed by atoms with Crippen molar-refractivity contribution >= 4 is 34.0 Å². The first-order valence-electron chi connectivity index (χ1n) is 10.7. The smallest absolute Gasteiger partial charge is 0.269 e. The lowest BCUT2D eigenvalue weighted by atomic mass is 10.0. The second-order valence-corrected chi connectivity index (χ2v) is 7.89. The SMILES string of the molecule is CNC(=O)C(=N)c1c(N)ncnc1N[C@@H](C)c1cc2cccc(C)c2c(=O)n1-c1ccccc1. The first-order chi connectivity index (χ1) is 16.3. The zero-order valence-electron chi connectivity index (χ0n) is 19.1. The molecule has 172 valence electrons. The minimum Gasteiger partial charge on any atom is -0.383 e.